The molecule has 6 atom stereocenters. The molecule has 5 aromatic carbocycles. The fourth-order valence-corrected chi connectivity index (χ4v) is 10.4. The Hall–Kier alpha value is -7.38. The number of carbonyl (C=O) groups excluding carboxylic acids is 3. The number of nitro groups is 1. The zero-order chi connectivity index (χ0) is 46.9. The Bertz CT molecular complexity index is 2750. The molecule has 3 heterocycles. The van der Waals surface area contributed by atoms with E-state index in [4.69, 9.17) is 14.2 Å². The van der Waals surface area contributed by atoms with Crippen LogP contribution in [0.5, 0.6) is 5.75 Å². The van der Waals surface area contributed by atoms with Crippen LogP contribution in [0, 0.1) is 27.9 Å². The van der Waals surface area contributed by atoms with Crippen LogP contribution in [0.3, 0.4) is 0 Å². The summed E-state index contributed by atoms with van der Waals surface area (Å²) in [6.07, 6.45) is 2.28. The second-order valence-electron chi connectivity index (χ2n) is 17.3. The molecule has 5 aromatic rings. The van der Waals surface area contributed by atoms with Crippen molar-refractivity contribution in [3.8, 4) is 17.6 Å². The third kappa shape index (κ3) is 8.17. The van der Waals surface area contributed by atoms with Gasteiger partial charge < -0.3 is 29.5 Å². The van der Waals surface area contributed by atoms with Crippen molar-refractivity contribution in [3.63, 3.8) is 0 Å². The SMILES string of the molecule is O=C1OC(c2ccccc2)C(c2ccccc2)N2C1C(C(=O)O)C1(C(=O)N(C(=O)OCc3ccc([N+](=O)[O-])cc3)c3ccc(C#CC4(O)CCCCCC4)cc31)C2c1ccc(OCCO)cc1. The maximum Gasteiger partial charge on any atom is 0.421 e. The number of hydrogen-bond acceptors (Lipinski definition) is 12. The van der Waals surface area contributed by atoms with E-state index in [1.54, 1.807) is 53.4 Å². The number of anilines is 1. The first-order valence-electron chi connectivity index (χ1n) is 22.2. The Labute approximate surface area is 385 Å². The van der Waals surface area contributed by atoms with Gasteiger partial charge in [-0.2, -0.15) is 0 Å². The van der Waals surface area contributed by atoms with Gasteiger partial charge in [0.2, 0.25) is 5.91 Å². The maximum absolute atomic E-state index is 16.1. The van der Waals surface area contributed by atoms with Crippen LogP contribution in [0.15, 0.2) is 127 Å². The number of cyclic esters (lactones) is 1. The van der Waals surface area contributed by atoms with Crippen molar-refractivity contribution in [1.29, 1.82) is 0 Å². The molecular formula is C52H47N3O12. The van der Waals surface area contributed by atoms with E-state index in [1.807, 2.05) is 48.5 Å². The largest absolute Gasteiger partial charge is 0.491 e. The number of benzene rings is 5. The molecule has 342 valence electrons. The molecule has 15 nitrogen and oxygen atoms in total. The predicted molar refractivity (Wildman–Crippen MR) is 241 cm³/mol. The topological polar surface area (TPSA) is 206 Å². The van der Waals surface area contributed by atoms with E-state index in [0.29, 0.717) is 46.4 Å². The number of carboxylic acid groups (broad SMARTS) is 1. The molecule has 2 amide bonds. The highest BCUT2D eigenvalue weighted by atomic mass is 16.6. The molecule has 0 bridgehead atoms. The van der Waals surface area contributed by atoms with Crippen molar-refractivity contribution in [2.24, 2.45) is 5.92 Å². The normalized spacial score (nSPS) is 24.1. The molecular weight excluding hydrogens is 859 g/mol. The first-order chi connectivity index (χ1) is 32.4. The van der Waals surface area contributed by atoms with Crippen LogP contribution in [0.1, 0.15) is 90.1 Å². The quantitative estimate of drug-likeness (QED) is 0.0409. The molecule has 9 rings (SSSR count). The van der Waals surface area contributed by atoms with Crippen molar-refractivity contribution in [3.05, 3.63) is 171 Å². The number of nitro benzene ring substituents is 1. The number of esters is 1. The number of nitrogens with zero attached hydrogens (tertiary/aromatic N) is 3. The van der Waals surface area contributed by atoms with E-state index in [0.717, 1.165) is 30.6 Å². The molecule has 3 fully saturated rings. The minimum Gasteiger partial charge on any atom is -0.491 e. The first kappa shape index (κ1) is 44.8. The number of carbonyl (C=O) groups is 4. The summed E-state index contributed by atoms with van der Waals surface area (Å²) in [4.78, 5) is 73.3. The fourth-order valence-electron chi connectivity index (χ4n) is 10.4. The van der Waals surface area contributed by atoms with Gasteiger partial charge in [-0.1, -0.05) is 97.5 Å². The number of aliphatic hydroxyl groups is 2. The van der Waals surface area contributed by atoms with Gasteiger partial charge in [-0.15, -0.1) is 0 Å². The maximum atomic E-state index is 16.1. The average Bonchev–Trinajstić information content (AvgIpc) is 3.68. The van der Waals surface area contributed by atoms with Crippen LogP contribution in [0.4, 0.5) is 16.2 Å². The Morgan fingerprint density at radius 2 is 1.48 bits per heavy atom. The monoisotopic (exact) mass is 905 g/mol. The summed E-state index contributed by atoms with van der Waals surface area (Å²) in [6.45, 7) is -0.665. The van der Waals surface area contributed by atoms with E-state index in [2.05, 4.69) is 11.8 Å². The van der Waals surface area contributed by atoms with Gasteiger partial charge >= 0.3 is 18.0 Å². The van der Waals surface area contributed by atoms with Crippen molar-refractivity contribution < 1.29 is 53.6 Å². The number of imide groups is 1. The first-order valence-corrected chi connectivity index (χ1v) is 22.2. The lowest BCUT2D eigenvalue weighted by Gasteiger charge is -2.46. The zero-order valence-corrected chi connectivity index (χ0v) is 36.2. The highest BCUT2D eigenvalue weighted by molar-refractivity contribution is 6.23. The Kier molecular flexibility index (Phi) is 12.4. The van der Waals surface area contributed by atoms with Crippen molar-refractivity contribution in [1.82, 2.24) is 4.90 Å². The number of aliphatic hydroxyl groups excluding tert-OH is 1. The zero-order valence-electron chi connectivity index (χ0n) is 36.2. The van der Waals surface area contributed by atoms with Crippen LogP contribution >= 0.6 is 0 Å². The minimum absolute atomic E-state index is 0.000613. The molecule has 1 saturated carbocycles. The number of aliphatic carboxylic acids is 1. The van der Waals surface area contributed by atoms with Gasteiger partial charge in [-0.05, 0) is 96.0 Å². The van der Waals surface area contributed by atoms with Crippen LogP contribution in [0.25, 0.3) is 0 Å². The lowest BCUT2D eigenvalue weighted by molar-refractivity contribution is -0.384. The van der Waals surface area contributed by atoms with Crippen molar-refractivity contribution >= 4 is 35.3 Å². The number of non-ortho nitro benzene ring substituents is 1. The lowest BCUT2D eigenvalue weighted by Crippen LogP contribution is -2.53. The third-order valence-corrected chi connectivity index (χ3v) is 13.3. The Morgan fingerprint density at radius 1 is 0.821 bits per heavy atom. The van der Waals surface area contributed by atoms with Gasteiger partial charge in [0, 0.05) is 17.7 Å². The van der Waals surface area contributed by atoms with Gasteiger partial charge in [0.05, 0.1) is 29.3 Å². The van der Waals surface area contributed by atoms with Gasteiger partial charge in [0.1, 0.15) is 48.0 Å². The summed E-state index contributed by atoms with van der Waals surface area (Å²) in [6, 6.07) is 31.0. The molecule has 3 N–H and O–H groups in total. The predicted octanol–water partition coefficient (Wildman–Crippen LogP) is 7.49. The second-order valence-corrected chi connectivity index (χ2v) is 17.3. The highest BCUT2D eigenvalue weighted by Gasteiger charge is 2.76. The van der Waals surface area contributed by atoms with Crippen LogP contribution in [-0.2, 0) is 35.9 Å². The molecule has 1 spiro atoms. The second kappa shape index (κ2) is 18.5. The highest BCUT2D eigenvalue weighted by Crippen LogP contribution is 2.66. The molecule has 0 radical (unpaired) electrons. The Morgan fingerprint density at radius 3 is 2.10 bits per heavy atom. The molecule has 15 heteroatoms. The van der Waals surface area contributed by atoms with Gasteiger partial charge in [-0.3, -0.25) is 29.4 Å². The number of morpholine rings is 1. The summed E-state index contributed by atoms with van der Waals surface area (Å²) < 4.78 is 17.8. The summed E-state index contributed by atoms with van der Waals surface area (Å²) in [5.41, 5.74) is -1.25. The Balaban J connectivity index is 1.28. The van der Waals surface area contributed by atoms with Crippen LogP contribution in [0.2, 0.25) is 0 Å². The van der Waals surface area contributed by atoms with Gasteiger partial charge in [0.15, 0.2) is 0 Å². The molecule has 1 aliphatic carbocycles. The molecule has 67 heavy (non-hydrogen) atoms. The third-order valence-electron chi connectivity index (χ3n) is 13.3. The average molecular weight is 906 g/mol. The number of rotatable bonds is 10. The van der Waals surface area contributed by atoms with E-state index in [-0.39, 0.29) is 30.2 Å². The minimum atomic E-state index is -2.26. The van der Waals surface area contributed by atoms with Gasteiger partial charge in [0.25, 0.3) is 5.69 Å². The summed E-state index contributed by atoms with van der Waals surface area (Å²) >= 11 is 0. The molecule has 6 unspecified atom stereocenters. The van der Waals surface area contributed by atoms with E-state index in [1.165, 1.54) is 30.3 Å². The summed E-state index contributed by atoms with van der Waals surface area (Å²) in [7, 11) is 0. The molecule has 3 aliphatic heterocycles. The molecule has 2 saturated heterocycles. The molecule has 4 aliphatic rings. The van der Waals surface area contributed by atoms with E-state index < -0.39 is 76.6 Å². The van der Waals surface area contributed by atoms with E-state index in [9.17, 15) is 39.8 Å². The smallest absolute Gasteiger partial charge is 0.421 e. The number of carboxylic acids is 1. The lowest BCUT2D eigenvalue weighted by atomic mass is 9.65. The number of fused-ring (bicyclic) bond motifs is 3. The fraction of sp³-hybridized carbons (Fsp3) is 0.308. The van der Waals surface area contributed by atoms with Gasteiger partial charge in [-0.25, -0.2) is 9.69 Å². The van der Waals surface area contributed by atoms with E-state index >= 15 is 4.79 Å². The van der Waals surface area contributed by atoms with Crippen molar-refractivity contribution in [2.75, 3.05) is 18.1 Å². The molecule has 0 aromatic heterocycles. The number of amides is 2. The summed E-state index contributed by atoms with van der Waals surface area (Å²) in [5.74, 6) is 1.30. The standard InChI is InChI=1S/C52H47N3O12/c56-29-30-65-39-22-18-37(19-23-39)46-52(42(47(57)58)44-48(59)67-45(36-13-7-4-8-14-36)43(54(44)46)35-11-5-3-6-12-35)40-31-33(25-28-51(62)26-9-1-2-10-27-51)17-24-41(40)53(49(52)60)50(61)66-32-34-15-20-38(21-16-34)55(63)64/h3-8,11-24,31,42-46,56,62H,1-2,9-10,26-27,29-30,32H2,(H,57,58). The number of ether oxygens (including phenoxy) is 3. The van der Waals surface area contributed by atoms with Crippen molar-refractivity contribution in [2.45, 2.75) is 80.4 Å². The summed E-state index contributed by atoms with van der Waals surface area (Å²) in [5, 5.41) is 44.1. The number of hydrogen-bond donors (Lipinski definition) is 3. The van der Waals surface area contributed by atoms with Crippen LogP contribution < -0.4 is 9.64 Å². The van der Waals surface area contributed by atoms with Crippen LogP contribution in [-0.4, -0.2) is 73.9 Å².